The summed E-state index contributed by atoms with van der Waals surface area (Å²) in [6, 6.07) is -5.17. The third kappa shape index (κ3) is 69.2. The summed E-state index contributed by atoms with van der Waals surface area (Å²) in [6.07, 6.45) is 10.0. The Morgan fingerprint density at radius 3 is 0.609 bits per heavy atom. The van der Waals surface area contributed by atoms with Crippen molar-refractivity contribution in [2.24, 2.45) is 93.0 Å². The minimum Gasteiger partial charge on any atom is -0.481 e. The van der Waals surface area contributed by atoms with Gasteiger partial charge in [0.15, 0.2) is 40.5 Å². The molecule has 12 atom stereocenters. The summed E-state index contributed by atoms with van der Waals surface area (Å²) in [5.41, 5.74) is 48.7. The molecule has 0 aromatic rings. The Kier molecular flexibility index (Phi) is 76.3. The van der Waals surface area contributed by atoms with Gasteiger partial charge in [-0.2, -0.15) is 0 Å². The van der Waals surface area contributed by atoms with Gasteiger partial charge in [-0.25, -0.2) is 4.79 Å². The number of Topliss-reactive ketones (excluding diaryl/α,β-unsaturated/α-hetero) is 7. The van der Waals surface area contributed by atoms with Gasteiger partial charge in [-0.05, 0) is 269 Å². The fourth-order valence-corrected chi connectivity index (χ4v) is 13.7. The van der Waals surface area contributed by atoms with E-state index >= 15 is 0 Å². The predicted octanol–water partition coefficient (Wildman–Crippen LogP) is -0.403. The quantitative estimate of drug-likeness (QED) is 0.0344. The Morgan fingerprint density at radius 2 is 0.420 bits per heavy atom. The molecule has 0 aromatic carbocycles. The zero-order valence-electron chi connectivity index (χ0n) is 83.7. The van der Waals surface area contributed by atoms with E-state index in [1.165, 1.54) is 0 Å². The zero-order valence-corrected chi connectivity index (χ0v) is 83.7. The minimum atomic E-state index is -1.20. The fourth-order valence-electron chi connectivity index (χ4n) is 13.7. The van der Waals surface area contributed by atoms with Crippen LogP contribution in [0.2, 0.25) is 0 Å². The molecule has 0 unspecified atom stereocenters. The van der Waals surface area contributed by atoms with Crippen molar-refractivity contribution < 1.29 is 131 Å². The normalized spacial score (nSPS) is 14.1. The third-order valence-electron chi connectivity index (χ3n) is 22.0. The van der Waals surface area contributed by atoms with Gasteiger partial charge < -0.3 is 139 Å². The number of aliphatic hydroxyl groups excluding tert-OH is 3. The molecule has 0 aliphatic heterocycles. The number of nitrogens with two attached hydrogens (primary N) is 9. The molecule has 798 valence electrons. The van der Waals surface area contributed by atoms with E-state index in [0.717, 1.165) is 0 Å². The van der Waals surface area contributed by atoms with Crippen LogP contribution < -0.4 is 94.1 Å². The van der Waals surface area contributed by atoms with Crippen LogP contribution >= 0.6 is 0 Å². The first-order valence-corrected chi connectivity index (χ1v) is 48.8. The third-order valence-corrected chi connectivity index (χ3v) is 22.0. The first-order chi connectivity index (χ1) is 65.0. The lowest BCUT2D eigenvalue weighted by Gasteiger charge is -2.25. The van der Waals surface area contributed by atoms with Crippen molar-refractivity contribution in [3.8, 4) is 0 Å². The van der Waals surface area contributed by atoms with Crippen LogP contribution in [0.25, 0.3) is 0 Å². The highest BCUT2D eigenvalue weighted by Crippen LogP contribution is 2.25. The number of unbranched alkanes of at least 4 members (excludes halogenated alkanes) is 9. The van der Waals surface area contributed by atoms with Crippen LogP contribution in [0.15, 0.2) is 0 Å². The number of carbonyl (C=O) groups excluding carboxylic acids is 15. The Balaban J connectivity index is -0.00000202. The van der Waals surface area contributed by atoms with Crippen LogP contribution in [0.5, 0.6) is 0 Å². The van der Waals surface area contributed by atoms with Crippen molar-refractivity contribution in [2.45, 2.75) is 328 Å². The van der Waals surface area contributed by atoms with Crippen molar-refractivity contribution in [1.82, 2.24) is 42.5 Å². The molecule has 0 saturated heterocycles. The molecular weight excluding hydrogens is 1800 g/mol. The number of carbonyl (C=O) groups is 18. The molecule has 0 aliphatic rings. The van der Waals surface area contributed by atoms with Crippen LogP contribution in [0.4, 0.5) is 0 Å². The molecule has 8 amide bonds. The van der Waals surface area contributed by atoms with Gasteiger partial charge in [-0.1, -0.05) is 25.7 Å². The monoisotopic (exact) mass is 1970 g/mol. The maximum atomic E-state index is 13.8. The van der Waals surface area contributed by atoms with Gasteiger partial charge in [-0.15, -0.1) is 0 Å². The lowest BCUT2D eigenvalue weighted by atomic mass is 9.89. The van der Waals surface area contributed by atoms with Gasteiger partial charge in [0.1, 0.15) is 25.9 Å². The average Bonchev–Trinajstić information content (AvgIpc) is 1.02. The van der Waals surface area contributed by atoms with Crippen molar-refractivity contribution in [2.75, 3.05) is 118 Å². The zero-order chi connectivity index (χ0) is 105. The van der Waals surface area contributed by atoms with E-state index in [-0.39, 0.29) is 129 Å². The van der Waals surface area contributed by atoms with E-state index in [0.29, 0.717) is 181 Å². The van der Waals surface area contributed by atoms with E-state index in [1.807, 2.05) is 0 Å². The minimum absolute atomic E-state index is 0.190. The second-order valence-corrected chi connectivity index (χ2v) is 37.8. The van der Waals surface area contributed by atoms with Gasteiger partial charge in [-0.3, -0.25) is 81.5 Å². The van der Waals surface area contributed by atoms with E-state index in [1.54, 1.807) is 62.3 Å². The van der Waals surface area contributed by atoms with Crippen LogP contribution in [0.1, 0.15) is 281 Å². The highest BCUT2D eigenvalue weighted by atomic mass is 16.5. The molecule has 0 fully saturated rings. The summed E-state index contributed by atoms with van der Waals surface area (Å²) >= 11 is 0. The second kappa shape index (κ2) is 78.9. The second-order valence-electron chi connectivity index (χ2n) is 37.8. The molecule has 0 saturated carbocycles. The Labute approximate surface area is 814 Å². The number of aliphatic carboxylic acids is 3. The maximum absolute atomic E-state index is 13.8. The summed E-state index contributed by atoms with van der Waals surface area (Å²) in [5.74, 6) is -18.5. The summed E-state index contributed by atoms with van der Waals surface area (Å²) in [5, 5.41) is 78.9. The fraction of sp³-hybridized carbons (Fsp3) is 0.809. The SMILES string of the molecule is CC(C)(C)OCC(=O)NCC(=O)C[C@@H](CO)C(=O)N[C@@H](CCCCN)C(=O)C[C@@H](CCCCN)C(=O)N[C@@H](CCCCN)C(=O)C[C@@H](CCCCN)C(=O)O.CC(C)(C)OCC(=O)NCC(=O)C[C@@H](CO)C(=O)N[C@@H](CCCCN)C(=O)C[C@@H](CCCCN)C(=O)N[C@@H](CCCCN)C(=O)O.CC(C)(C)OCC(=O)NCC(=O)C[C@@H](CO)C(=O)N[C@@H](CCCCN)C(=O)C[C@@H](CCCCN)C(=O)O. The summed E-state index contributed by atoms with van der Waals surface area (Å²) < 4.78 is 16.1. The molecule has 44 heteroatoms. The van der Waals surface area contributed by atoms with E-state index in [9.17, 15) is 117 Å². The van der Waals surface area contributed by atoms with E-state index in [2.05, 4.69) is 42.5 Å². The van der Waals surface area contributed by atoms with Crippen LogP contribution in [0, 0.1) is 41.4 Å². The van der Waals surface area contributed by atoms with Crippen molar-refractivity contribution >= 4 is 106 Å². The molecule has 0 aliphatic carbocycles. The number of hydrogen-bond donors (Lipinski definition) is 23. The molecule has 0 aromatic heterocycles. The summed E-state index contributed by atoms with van der Waals surface area (Å²) in [4.78, 5) is 229. The number of hydrogen-bond acceptors (Lipinski definition) is 33. The van der Waals surface area contributed by atoms with Gasteiger partial charge in [0, 0.05) is 56.8 Å². The number of ketones is 7. The highest BCUT2D eigenvalue weighted by molar-refractivity contribution is 5.99. The van der Waals surface area contributed by atoms with Crippen LogP contribution in [0.3, 0.4) is 0 Å². The Hall–Kier alpha value is -8.74. The van der Waals surface area contributed by atoms with Gasteiger partial charge in [0.05, 0.1) is 110 Å². The molecule has 0 rings (SSSR count). The number of rotatable bonds is 82. The summed E-state index contributed by atoms with van der Waals surface area (Å²) in [6.45, 7) is 15.6. The molecule has 32 N–H and O–H groups in total. The first kappa shape index (κ1) is 133. The Morgan fingerprint density at radius 1 is 0.239 bits per heavy atom. The van der Waals surface area contributed by atoms with Crippen molar-refractivity contribution in [1.29, 1.82) is 0 Å². The van der Waals surface area contributed by atoms with Gasteiger partial charge in [0.2, 0.25) is 47.3 Å². The standard InChI is InChI=1S/C38H71N7O10.C31H58N6O9.C25H46N4O8/c1-38(2,3)55-25-34(50)43-23-29(47)20-28(24-46)36(52)45-30(14-6-10-18-41)32(48)21-26(12-4-8-16-39)35(51)44-31(15-7-11-19-42)33(49)22-27(37(53)54)13-5-9-17-40;1-31(2,3)46-20-27(41)35-18-23(39)16-22(19-38)29(43)36-24(11-5-8-14-33)26(40)17-21(10-4-7-13-32)28(42)37-25(30(44)45)12-6-9-15-34;1-25(2,3)37-16-22(33)28-14-19(31)12-18(15-30)23(34)29-20(9-5-7-11-27)21(32)13-17(24(35)36)8-4-6-10-26/h26-28,30-31,46H,4-25,39-42H2,1-3H3,(H,43,50)(H,44,51)(H,45,52)(H,53,54);21-22,24-25,38H,4-20,32-34H2,1-3H3,(H,35,41)(H,36,43)(H,37,42)(H,44,45);17-18,20,30H,4-16,26-27H2,1-3H3,(H,28,33)(H,29,34)(H,35,36)/t26-,27-,28+,30+,31+;21-,22+,24+,25+;17-,18+,20+/m111/s1. The van der Waals surface area contributed by atoms with Crippen LogP contribution in [-0.4, -0.2) is 301 Å². The lowest BCUT2D eigenvalue weighted by molar-refractivity contribution is -0.145. The maximum Gasteiger partial charge on any atom is 0.326 e. The van der Waals surface area contributed by atoms with Crippen LogP contribution in [-0.2, 0) is 101 Å². The smallest absolute Gasteiger partial charge is 0.326 e. The van der Waals surface area contributed by atoms with E-state index < -0.39 is 220 Å². The topological polar surface area (TPSA) is 787 Å². The van der Waals surface area contributed by atoms with E-state index in [4.69, 9.17) is 65.8 Å². The molecule has 138 heavy (non-hydrogen) atoms. The highest BCUT2D eigenvalue weighted by Gasteiger charge is 2.37. The number of carboxylic acid groups (broad SMARTS) is 3. The molecule has 0 spiro atoms. The number of carboxylic acids is 3. The van der Waals surface area contributed by atoms with Gasteiger partial charge in [0.25, 0.3) is 0 Å². The number of amides is 8. The molecule has 44 nitrogen and oxygen atoms in total. The molecule has 0 bridgehead atoms. The number of nitrogens with one attached hydrogen (secondary N) is 8. The molecule has 0 heterocycles. The molecular formula is C94H175N17O27. The lowest BCUT2D eigenvalue weighted by Crippen LogP contribution is -2.48. The van der Waals surface area contributed by atoms with Crippen molar-refractivity contribution in [3.63, 3.8) is 0 Å². The predicted molar refractivity (Wildman–Crippen MR) is 518 cm³/mol. The number of aliphatic hydroxyl groups is 3. The first-order valence-electron chi connectivity index (χ1n) is 48.8. The largest absolute Gasteiger partial charge is 0.481 e. The average molecular weight is 1980 g/mol. The number of ether oxygens (including phenoxy) is 3. The molecule has 0 radical (unpaired) electrons. The Bertz CT molecular complexity index is 3580. The van der Waals surface area contributed by atoms with Crippen molar-refractivity contribution in [3.05, 3.63) is 0 Å². The van der Waals surface area contributed by atoms with Gasteiger partial charge >= 0.3 is 17.9 Å². The summed E-state index contributed by atoms with van der Waals surface area (Å²) in [7, 11) is 0.